The summed E-state index contributed by atoms with van der Waals surface area (Å²) in [7, 11) is 0. The van der Waals surface area contributed by atoms with Crippen LogP contribution in [0.1, 0.15) is 46.5 Å². The molecule has 0 unspecified atom stereocenters. The lowest BCUT2D eigenvalue weighted by atomic mass is 10.0. The van der Waals surface area contributed by atoms with Crippen molar-refractivity contribution >= 4 is 49.3 Å². The van der Waals surface area contributed by atoms with E-state index in [0.29, 0.717) is 33.6 Å². The van der Waals surface area contributed by atoms with Gasteiger partial charge in [-0.1, -0.05) is 38.8 Å². The van der Waals surface area contributed by atoms with Gasteiger partial charge >= 0.3 is 0 Å². The molecule has 5 aromatic rings. The van der Waals surface area contributed by atoms with E-state index in [-0.39, 0.29) is 10.9 Å². The molecule has 2 aromatic heterocycles. The van der Waals surface area contributed by atoms with Gasteiger partial charge in [0.15, 0.2) is 10.9 Å². The monoisotopic (exact) mass is 467 g/mol. The van der Waals surface area contributed by atoms with E-state index >= 15 is 0 Å². The number of pyridine rings is 2. The number of nitrogens with one attached hydrogen (secondary N) is 1. The Morgan fingerprint density at radius 3 is 2.11 bits per heavy atom. The fourth-order valence-corrected chi connectivity index (χ4v) is 5.19. The van der Waals surface area contributed by atoms with Crippen LogP contribution in [0.15, 0.2) is 64.2 Å². The lowest BCUT2D eigenvalue weighted by molar-refractivity contribution is 0.678. The number of fused-ring (bicyclic) bond motifs is 4. The number of H-pyrrole nitrogens is 1. The molecule has 3 aromatic carbocycles. The van der Waals surface area contributed by atoms with Crippen molar-refractivity contribution in [1.29, 1.82) is 0 Å². The fraction of sp³-hybridized carbons (Fsp3) is 0.333. The molecule has 0 aliphatic heterocycles. The molecule has 5 heteroatoms. The van der Waals surface area contributed by atoms with E-state index in [9.17, 15) is 9.59 Å². The Morgan fingerprint density at radius 1 is 0.714 bits per heavy atom. The van der Waals surface area contributed by atoms with E-state index in [4.69, 9.17) is 0 Å². The smallest absolute Gasteiger partial charge is 0.197 e. The molecule has 0 spiro atoms. The maximum Gasteiger partial charge on any atom is 0.197 e. The van der Waals surface area contributed by atoms with Gasteiger partial charge < -0.3 is 14.5 Å². The minimum atomic E-state index is -0.000808. The first-order valence-corrected chi connectivity index (χ1v) is 12.9. The number of para-hydroxylation sites is 1. The van der Waals surface area contributed by atoms with Crippen molar-refractivity contribution in [2.24, 2.45) is 0 Å². The Labute approximate surface area is 205 Å². The van der Waals surface area contributed by atoms with Crippen LogP contribution in [0.2, 0.25) is 0 Å². The number of rotatable bonds is 8. The summed E-state index contributed by atoms with van der Waals surface area (Å²) in [5, 5.41) is 2.63. The fourth-order valence-electron chi connectivity index (χ4n) is 5.19. The number of benzene rings is 3. The molecule has 0 bridgehead atoms. The highest BCUT2D eigenvalue weighted by Gasteiger charge is 2.15. The standard InChI is InChI=1S/C30H33N3O2/c1-4-7-15-32(16-8-5-2)20-13-14-21-25(17-20)31-26-18-24-28(19-23(26)29(21)34)33(6-3)27-12-10-9-11-22(27)30(24)35/h9-14,17-19H,4-8,15-16H2,1-3H3,(H,31,34). The van der Waals surface area contributed by atoms with Crippen molar-refractivity contribution in [2.75, 3.05) is 18.0 Å². The SMILES string of the molecule is CCCCN(CCCC)c1ccc2c(=O)c3cc4c(cc3[nH]c2c1)c(=O)c1ccccc1n4CC. The number of aryl methyl sites for hydroxylation is 1. The van der Waals surface area contributed by atoms with Gasteiger partial charge in [-0.25, -0.2) is 0 Å². The molecule has 0 aliphatic carbocycles. The Bertz CT molecular complexity index is 1650. The van der Waals surface area contributed by atoms with Gasteiger partial charge in [0.25, 0.3) is 0 Å². The van der Waals surface area contributed by atoms with Gasteiger partial charge in [-0.15, -0.1) is 0 Å². The summed E-state index contributed by atoms with van der Waals surface area (Å²) in [6.07, 6.45) is 4.57. The van der Waals surface area contributed by atoms with Crippen LogP contribution in [-0.4, -0.2) is 22.6 Å². The average molecular weight is 468 g/mol. The van der Waals surface area contributed by atoms with Crippen LogP contribution < -0.4 is 15.8 Å². The van der Waals surface area contributed by atoms with Gasteiger partial charge in [0, 0.05) is 46.9 Å². The molecule has 180 valence electrons. The zero-order chi connectivity index (χ0) is 24.5. The van der Waals surface area contributed by atoms with Crippen LogP contribution in [0.4, 0.5) is 5.69 Å². The van der Waals surface area contributed by atoms with E-state index in [2.05, 4.69) is 47.4 Å². The third-order valence-electron chi connectivity index (χ3n) is 7.12. The Balaban J connectivity index is 1.75. The van der Waals surface area contributed by atoms with Crippen molar-refractivity contribution in [3.05, 3.63) is 75.0 Å². The molecule has 35 heavy (non-hydrogen) atoms. The molecule has 0 fully saturated rings. The summed E-state index contributed by atoms with van der Waals surface area (Å²) in [6.45, 7) is 9.21. The van der Waals surface area contributed by atoms with Gasteiger partial charge in [0.1, 0.15) is 0 Å². The van der Waals surface area contributed by atoms with Crippen molar-refractivity contribution in [3.63, 3.8) is 0 Å². The summed E-state index contributed by atoms with van der Waals surface area (Å²) >= 11 is 0. The Hall–Kier alpha value is -3.60. The van der Waals surface area contributed by atoms with Gasteiger partial charge in [-0.3, -0.25) is 9.59 Å². The molecular formula is C30H33N3O2. The molecule has 2 heterocycles. The zero-order valence-electron chi connectivity index (χ0n) is 20.9. The predicted molar refractivity (Wildman–Crippen MR) is 149 cm³/mol. The number of hydrogen-bond donors (Lipinski definition) is 1. The van der Waals surface area contributed by atoms with Crippen LogP contribution in [0.25, 0.3) is 43.6 Å². The maximum atomic E-state index is 13.6. The number of hydrogen-bond acceptors (Lipinski definition) is 3. The third-order valence-corrected chi connectivity index (χ3v) is 7.12. The normalized spacial score (nSPS) is 11.7. The Morgan fingerprint density at radius 2 is 1.40 bits per heavy atom. The van der Waals surface area contributed by atoms with Crippen LogP contribution in [0.3, 0.4) is 0 Å². The molecule has 0 radical (unpaired) electrons. The molecule has 1 N–H and O–H groups in total. The maximum absolute atomic E-state index is 13.6. The summed E-state index contributed by atoms with van der Waals surface area (Å²) in [5.74, 6) is 0. The largest absolute Gasteiger partial charge is 0.371 e. The first kappa shape index (κ1) is 23.2. The van der Waals surface area contributed by atoms with Gasteiger partial charge in [-0.05, 0) is 62.2 Å². The van der Waals surface area contributed by atoms with Gasteiger partial charge in [-0.2, -0.15) is 0 Å². The molecule has 0 saturated heterocycles. The molecule has 5 nitrogen and oxygen atoms in total. The molecule has 5 rings (SSSR count). The molecular weight excluding hydrogens is 434 g/mol. The highest BCUT2D eigenvalue weighted by molar-refractivity contribution is 6.03. The average Bonchev–Trinajstić information content (AvgIpc) is 2.88. The molecule has 0 amide bonds. The summed E-state index contributed by atoms with van der Waals surface area (Å²) in [4.78, 5) is 32.9. The van der Waals surface area contributed by atoms with E-state index in [1.807, 2.05) is 42.5 Å². The van der Waals surface area contributed by atoms with Crippen LogP contribution in [0.5, 0.6) is 0 Å². The van der Waals surface area contributed by atoms with Gasteiger partial charge in [0.05, 0.1) is 22.1 Å². The number of anilines is 1. The second-order valence-electron chi connectivity index (χ2n) is 9.38. The lowest BCUT2D eigenvalue weighted by Gasteiger charge is -2.25. The van der Waals surface area contributed by atoms with Crippen molar-refractivity contribution in [1.82, 2.24) is 9.55 Å². The Kier molecular flexibility index (Phi) is 6.33. The topological polar surface area (TPSA) is 58.1 Å². The van der Waals surface area contributed by atoms with Crippen molar-refractivity contribution < 1.29 is 0 Å². The summed E-state index contributed by atoms with van der Waals surface area (Å²) in [6, 6.07) is 17.6. The number of aromatic nitrogens is 2. The van der Waals surface area contributed by atoms with E-state index in [1.54, 1.807) is 0 Å². The summed E-state index contributed by atoms with van der Waals surface area (Å²) in [5.41, 5.74) is 4.35. The first-order chi connectivity index (χ1) is 17.1. The number of nitrogens with zero attached hydrogens (tertiary/aromatic N) is 2. The lowest BCUT2D eigenvalue weighted by Crippen LogP contribution is -2.25. The van der Waals surface area contributed by atoms with E-state index < -0.39 is 0 Å². The van der Waals surface area contributed by atoms with Crippen molar-refractivity contribution in [2.45, 2.75) is 53.0 Å². The van der Waals surface area contributed by atoms with E-state index in [0.717, 1.165) is 61.0 Å². The highest BCUT2D eigenvalue weighted by atomic mass is 16.1. The molecule has 0 atom stereocenters. The van der Waals surface area contributed by atoms with Crippen LogP contribution in [0, 0.1) is 0 Å². The predicted octanol–water partition coefficient (Wildman–Crippen LogP) is 6.58. The summed E-state index contributed by atoms with van der Waals surface area (Å²) < 4.78 is 2.12. The third kappa shape index (κ3) is 3.99. The second kappa shape index (κ2) is 9.57. The van der Waals surface area contributed by atoms with Crippen LogP contribution >= 0.6 is 0 Å². The van der Waals surface area contributed by atoms with Crippen LogP contribution in [-0.2, 0) is 6.54 Å². The minimum Gasteiger partial charge on any atom is -0.371 e. The molecule has 0 saturated carbocycles. The molecule has 0 aliphatic rings. The quantitative estimate of drug-likeness (QED) is 0.262. The number of unbranched alkanes of at least 4 members (excludes halogenated alkanes) is 2. The van der Waals surface area contributed by atoms with Gasteiger partial charge in [0.2, 0.25) is 0 Å². The zero-order valence-corrected chi connectivity index (χ0v) is 20.9. The number of aromatic amines is 1. The highest BCUT2D eigenvalue weighted by Crippen LogP contribution is 2.26. The first-order valence-electron chi connectivity index (χ1n) is 12.9. The van der Waals surface area contributed by atoms with E-state index in [1.165, 1.54) is 0 Å². The minimum absolute atomic E-state index is 0.000808. The second-order valence-corrected chi connectivity index (χ2v) is 9.38. The van der Waals surface area contributed by atoms with Crippen molar-refractivity contribution in [3.8, 4) is 0 Å².